The minimum atomic E-state index is -0.106. The smallest absolute Gasteiger partial charge is 0.257 e. The third-order valence-corrected chi connectivity index (χ3v) is 4.98. The number of benzene rings is 2. The number of ether oxygens (including phenoxy) is 2. The molecule has 0 aliphatic carbocycles. The molecule has 6 heteroatoms. The number of nitrogens with zero attached hydrogens (tertiary/aromatic N) is 1. The summed E-state index contributed by atoms with van der Waals surface area (Å²) >= 11 is 5.82. The molecule has 1 heterocycles. The van der Waals surface area contributed by atoms with E-state index in [9.17, 15) is 4.79 Å². The highest BCUT2D eigenvalue weighted by molar-refractivity contribution is 6.30. The van der Waals surface area contributed by atoms with E-state index < -0.39 is 0 Å². The van der Waals surface area contributed by atoms with Crippen molar-refractivity contribution in [2.45, 2.75) is 18.9 Å². The lowest BCUT2D eigenvalue weighted by Crippen LogP contribution is -2.39. The summed E-state index contributed by atoms with van der Waals surface area (Å²) in [4.78, 5) is 14.3. The number of hydrogen-bond donors (Lipinski definition) is 1. The van der Waals surface area contributed by atoms with Crippen LogP contribution >= 0.6 is 11.6 Å². The largest absolute Gasteiger partial charge is 0.484 e. The zero-order valence-electron chi connectivity index (χ0n) is 16.0. The minimum absolute atomic E-state index is 0.0177. The van der Waals surface area contributed by atoms with Crippen LogP contribution in [-0.2, 0) is 9.53 Å². The highest BCUT2D eigenvalue weighted by Gasteiger charge is 2.21. The number of unbranched alkanes of at least 4 members (excludes halogenated alkanes) is 1. The Bertz CT molecular complexity index is 724. The molecule has 1 unspecified atom stereocenters. The van der Waals surface area contributed by atoms with E-state index in [1.807, 2.05) is 6.07 Å². The third-order valence-electron chi connectivity index (χ3n) is 4.73. The van der Waals surface area contributed by atoms with Gasteiger partial charge in [0.15, 0.2) is 6.61 Å². The number of hydrogen-bond acceptors (Lipinski definition) is 4. The number of nitrogens with one attached hydrogen (secondary N) is 1. The number of amides is 1. The Balaban J connectivity index is 1.27. The summed E-state index contributed by atoms with van der Waals surface area (Å²) in [7, 11) is 0. The molecule has 1 saturated heterocycles. The van der Waals surface area contributed by atoms with E-state index >= 15 is 0 Å². The Kier molecular flexibility index (Phi) is 8.15. The number of carbonyl (C=O) groups is 1. The second-order valence-corrected chi connectivity index (χ2v) is 7.31. The Morgan fingerprint density at radius 1 is 1.14 bits per heavy atom. The van der Waals surface area contributed by atoms with Gasteiger partial charge in [-0.2, -0.15) is 0 Å². The summed E-state index contributed by atoms with van der Waals surface area (Å²) in [5.74, 6) is 0.533. The maximum atomic E-state index is 11.9. The normalized spacial score (nSPS) is 17.2. The Hall–Kier alpha value is -2.08. The van der Waals surface area contributed by atoms with Gasteiger partial charge >= 0.3 is 0 Å². The quantitative estimate of drug-likeness (QED) is 0.650. The summed E-state index contributed by atoms with van der Waals surface area (Å²) in [6.07, 6.45) is 2.14. The molecule has 0 spiro atoms. The van der Waals surface area contributed by atoms with E-state index in [2.05, 4.69) is 34.5 Å². The SMILES string of the molecule is O=C(COc1ccc(Cl)cc1)NCCCCN1CCOC(c2ccccc2)C1. The van der Waals surface area contributed by atoms with Crippen molar-refractivity contribution in [2.75, 3.05) is 39.4 Å². The van der Waals surface area contributed by atoms with Crippen molar-refractivity contribution in [1.82, 2.24) is 10.2 Å². The number of morpholine rings is 1. The average molecular weight is 403 g/mol. The molecule has 0 saturated carbocycles. The molecule has 0 aromatic heterocycles. The first-order valence-electron chi connectivity index (χ1n) is 9.75. The van der Waals surface area contributed by atoms with Crippen molar-refractivity contribution in [2.24, 2.45) is 0 Å². The first-order valence-corrected chi connectivity index (χ1v) is 10.1. The molecule has 0 radical (unpaired) electrons. The van der Waals surface area contributed by atoms with Crippen LogP contribution in [0.3, 0.4) is 0 Å². The van der Waals surface area contributed by atoms with Crippen LogP contribution in [0.4, 0.5) is 0 Å². The van der Waals surface area contributed by atoms with Gasteiger partial charge in [-0.15, -0.1) is 0 Å². The molecular weight excluding hydrogens is 376 g/mol. The molecule has 28 heavy (non-hydrogen) atoms. The van der Waals surface area contributed by atoms with Crippen LogP contribution in [0.1, 0.15) is 24.5 Å². The molecule has 150 valence electrons. The standard InChI is InChI=1S/C22H27ClN2O3/c23-19-8-10-20(11-9-19)28-17-22(26)24-12-4-5-13-25-14-15-27-21(16-25)18-6-2-1-3-7-18/h1-3,6-11,21H,4-5,12-17H2,(H,24,26). The van der Waals surface area contributed by atoms with Crippen molar-refractivity contribution >= 4 is 17.5 Å². The molecular formula is C22H27ClN2O3. The second kappa shape index (κ2) is 11.1. The van der Waals surface area contributed by atoms with E-state index in [0.717, 1.165) is 39.1 Å². The maximum Gasteiger partial charge on any atom is 0.257 e. The molecule has 1 fully saturated rings. The van der Waals surface area contributed by atoms with Crippen LogP contribution in [0, 0.1) is 0 Å². The fourth-order valence-electron chi connectivity index (χ4n) is 3.19. The van der Waals surface area contributed by atoms with Gasteiger partial charge in [0.25, 0.3) is 5.91 Å². The second-order valence-electron chi connectivity index (χ2n) is 6.87. The lowest BCUT2D eigenvalue weighted by molar-refractivity contribution is -0.123. The van der Waals surface area contributed by atoms with E-state index in [4.69, 9.17) is 21.1 Å². The summed E-state index contributed by atoms with van der Waals surface area (Å²) in [6, 6.07) is 17.4. The van der Waals surface area contributed by atoms with Gasteiger partial charge in [0.1, 0.15) is 5.75 Å². The summed E-state index contributed by atoms with van der Waals surface area (Å²) in [5, 5.41) is 3.55. The molecule has 0 bridgehead atoms. The highest BCUT2D eigenvalue weighted by atomic mass is 35.5. The van der Waals surface area contributed by atoms with Crippen LogP contribution < -0.4 is 10.1 Å². The van der Waals surface area contributed by atoms with E-state index in [1.54, 1.807) is 24.3 Å². The third kappa shape index (κ3) is 6.82. The molecule has 1 amide bonds. The highest BCUT2D eigenvalue weighted by Crippen LogP contribution is 2.22. The van der Waals surface area contributed by atoms with Crippen molar-refractivity contribution in [3.05, 3.63) is 65.2 Å². The molecule has 1 aliphatic heterocycles. The van der Waals surface area contributed by atoms with Crippen LogP contribution in [0.15, 0.2) is 54.6 Å². The van der Waals surface area contributed by atoms with Crippen LogP contribution in [0.25, 0.3) is 0 Å². The molecule has 1 N–H and O–H groups in total. The van der Waals surface area contributed by atoms with Crippen molar-refractivity contribution < 1.29 is 14.3 Å². The zero-order valence-corrected chi connectivity index (χ0v) is 16.7. The zero-order chi connectivity index (χ0) is 19.6. The van der Waals surface area contributed by atoms with Crippen molar-refractivity contribution in [3.8, 4) is 5.75 Å². The summed E-state index contributed by atoms with van der Waals surface area (Å²) in [5.41, 5.74) is 1.24. The van der Waals surface area contributed by atoms with E-state index in [1.165, 1.54) is 5.56 Å². The van der Waals surface area contributed by atoms with Gasteiger partial charge in [0.05, 0.1) is 12.7 Å². The van der Waals surface area contributed by atoms with Gasteiger partial charge in [0, 0.05) is 24.7 Å². The number of halogens is 1. The van der Waals surface area contributed by atoms with Gasteiger partial charge < -0.3 is 14.8 Å². The predicted octanol–water partition coefficient (Wildman–Crippen LogP) is 3.69. The van der Waals surface area contributed by atoms with Gasteiger partial charge in [-0.25, -0.2) is 0 Å². The average Bonchev–Trinajstić information content (AvgIpc) is 2.74. The molecule has 1 atom stereocenters. The van der Waals surface area contributed by atoms with Crippen molar-refractivity contribution in [3.63, 3.8) is 0 Å². The minimum Gasteiger partial charge on any atom is -0.484 e. The predicted molar refractivity (Wildman–Crippen MR) is 111 cm³/mol. The van der Waals surface area contributed by atoms with Crippen molar-refractivity contribution in [1.29, 1.82) is 0 Å². The molecule has 1 aliphatic rings. The summed E-state index contributed by atoms with van der Waals surface area (Å²) < 4.78 is 11.3. The maximum absolute atomic E-state index is 11.9. The monoisotopic (exact) mass is 402 g/mol. The lowest BCUT2D eigenvalue weighted by Gasteiger charge is -2.33. The Morgan fingerprint density at radius 3 is 2.71 bits per heavy atom. The lowest BCUT2D eigenvalue weighted by atomic mass is 10.1. The van der Waals surface area contributed by atoms with Gasteiger partial charge in [-0.1, -0.05) is 41.9 Å². The van der Waals surface area contributed by atoms with Crippen LogP contribution in [0.5, 0.6) is 5.75 Å². The van der Waals surface area contributed by atoms with E-state index in [-0.39, 0.29) is 18.6 Å². The first-order chi connectivity index (χ1) is 13.7. The molecule has 5 nitrogen and oxygen atoms in total. The molecule has 2 aromatic rings. The van der Waals surface area contributed by atoms with Gasteiger partial charge in [0.2, 0.25) is 0 Å². The first kappa shape index (κ1) is 20.6. The molecule has 2 aromatic carbocycles. The molecule has 3 rings (SSSR count). The topological polar surface area (TPSA) is 50.8 Å². The Morgan fingerprint density at radius 2 is 1.93 bits per heavy atom. The van der Waals surface area contributed by atoms with Gasteiger partial charge in [-0.3, -0.25) is 9.69 Å². The van der Waals surface area contributed by atoms with Crippen LogP contribution in [-0.4, -0.2) is 50.2 Å². The fourth-order valence-corrected chi connectivity index (χ4v) is 3.32. The number of rotatable bonds is 9. The van der Waals surface area contributed by atoms with E-state index in [0.29, 0.717) is 17.3 Å². The Labute approximate surface area is 171 Å². The van der Waals surface area contributed by atoms with Crippen LogP contribution in [0.2, 0.25) is 5.02 Å². The number of carbonyl (C=O) groups excluding carboxylic acids is 1. The fraction of sp³-hybridized carbons (Fsp3) is 0.409. The summed E-state index contributed by atoms with van der Waals surface area (Å²) in [6.45, 7) is 4.34. The van der Waals surface area contributed by atoms with Gasteiger partial charge in [-0.05, 0) is 49.2 Å².